The first kappa shape index (κ1) is 12.6. The number of nitrogens with zero attached hydrogens (tertiary/aromatic N) is 2. The van der Waals surface area contributed by atoms with E-state index >= 15 is 0 Å². The zero-order valence-corrected chi connectivity index (χ0v) is 11.0. The van der Waals surface area contributed by atoms with Gasteiger partial charge >= 0.3 is 5.97 Å². The van der Waals surface area contributed by atoms with Gasteiger partial charge in [0, 0.05) is 23.0 Å². The first-order valence-electron chi connectivity index (χ1n) is 5.91. The summed E-state index contributed by atoms with van der Waals surface area (Å²) in [5.41, 5.74) is 1.81. The molecular formula is C15H9ClN2O2. The lowest BCUT2D eigenvalue weighted by Crippen LogP contribution is -2.05. The molecule has 20 heavy (non-hydrogen) atoms. The summed E-state index contributed by atoms with van der Waals surface area (Å²) in [6.07, 6.45) is 4.89. The van der Waals surface area contributed by atoms with Crippen LogP contribution in [-0.2, 0) is 9.53 Å². The summed E-state index contributed by atoms with van der Waals surface area (Å²) in [5, 5.41) is 0.641. The second kappa shape index (κ2) is 5.27. The van der Waals surface area contributed by atoms with Gasteiger partial charge in [-0.25, -0.2) is 9.79 Å². The number of hydrogen-bond donors (Lipinski definition) is 0. The van der Waals surface area contributed by atoms with Crippen molar-refractivity contribution in [2.75, 3.05) is 0 Å². The van der Waals surface area contributed by atoms with Crippen molar-refractivity contribution in [2.24, 2.45) is 4.99 Å². The van der Waals surface area contributed by atoms with E-state index < -0.39 is 5.97 Å². The highest BCUT2D eigenvalue weighted by Gasteiger charge is 2.23. The van der Waals surface area contributed by atoms with E-state index in [0.29, 0.717) is 10.6 Å². The highest BCUT2D eigenvalue weighted by atomic mass is 35.5. The van der Waals surface area contributed by atoms with Gasteiger partial charge in [0.2, 0.25) is 5.90 Å². The number of aliphatic imine (C=N–C) groups is 1. The largest absolute Gasteiger partial charge is 0.402 e. The van der Waals surface area contributed by atoms with Crippen LogP contribution in [0.2, 0.25) is 5.02 Å². The van der Waals surface area contributed by atoms with Crippen LogP contribution in [0.4, 0.5) is 0 Å². The number of benzene rings is 1. The van der Waals surface area contributed by atoms with Crippen molar-refractivity contribution in [3.8, 4) is 0 Å². The molecule has 3 rings (SSSR count). The predicted molar refractivity (Wildman–Crippen MR) is 76.3 cm³/mol. The standard InChI is InChI=1S/C15H9ClN2O2/c16-12-3-1-10(2-4-12)9-13-15(19)20-14(18-13)11-5-7-17-8-6-11/h1-9H/b13-9+. The fourth-order valence-electron chi connectivity index (χ4n) is 1.74. The highest BCUT2D eigenvalue weighted by Crippen LogP contribution is 2.19. The van der Waals surface area contributed by atoms with Crippen LogP contribution in [0, 0.1) is 0 Å². The Morgan fingerprint density at radius 1 is 1.05 bits per heavy atom. The van der Waals surface area contributed by atoms with E-state index in [1.165, 1.54) is 0 Å². The molecule has 4 nitrogen and oxygen atoms in total. The van der Waals surface area contributed by atoms with Crippen molar-refractivity contribution < 1.29 is 9.53 Å². The van der Waals surface area contributed by atoms with Gasteiger partial charge in [0.05, 0.1) is 0 Å². The van der Waals surface area contributed by atoms with E-state index in [1.807, 2.05) is 12.1 Å². The molecule has 2 aromatic rings. The molecule has 1 aliphatic rings. The van der Waals surface area contributed by atoms with Gasteiger partial charge in [0.1, 0.15) is 0 Å². The number of esters is 1. The highest BCUT2D eigenvalue weighted by molar-refractivity contribution is 6.30. The fourth-order valence-corrected chi connectivity index (χ4v) is 1.87. The molecule has 98 valence electrons. The quantitative estimate of drug-likeness (QED) is 0.629. The number of carbonyl (C=O) groups is 1. The molecule has 5 heteroatoms. The van der Waals surface area contributed by atoms with Crippen molar-refractivity contribution in [3.05, 3.63) is 70.6 Å². The van der Waals surface area contributed by atoms with Crippen LogP contribution >= 0.6 is 11.6 Å². The number of ether oxygens (including phenoxy) is 1. The molecule has 0 atom stereocenters. The molecule has 0 saturated heterocycles. The second-order valence-electron chi connectivity index (χ2n) is 4.12. The van der Waals surface area contributed by atoms with Crippen LogP contribution in [0.3, 0.4) is 0 Å². The van der Waals surface area contributed by atoms with Gasteiger partial charge in [-0.3, -0.25) is 4.98 Å². The van der Waals surface area contributed by atoms with Gasteiger partial charge in [-0.05, 0) is 35.9 Å². The monoisotopic (exact) mass is 284 g/mol. The number of cyclic esters (lactones) is 1. The summed E-state index contributed by atoms with van der Waals surface area (Å²) in [6, 6.07) is 10.6. The molecule has 0 amide bonds. The zero-order valence-electron chi connectivity index (χ0n) is 10.3. The Bertz CT molecular complexity index is 706. The molecule has 0 radical (unpaired) electrons. The molecule has 0 aliphatic carbocycles. The molecule has 1 aromatic carbocycles. The summed E-state index contributed by atoms with van der Waals surface area (Å²) in [4.78, 5) is 19.9. The van der Waals surface area contributed by atoms with E-state index in [9.17, 15) is 4.79 Å². The number of halogens is 1. The maximum absolute atomic E-state index is 11.8. The summed E-state index contributed by atoms with van der Waals surface area (Å²) < 4.78 is 5.14. The van der Waals surface area contributed by atoms with E-state index in [1.54, 1.807) is 42.7 Å². The Kier molecular flexibility index (Phi) is 3.31. The van der Waals surface area contributed by atoms with Crippen LogP contribution < -0.4 is 0 Å². The Morgan fingerprint density at radius 3 is 2.45 bits per heavy atom. The Balaban J connectivity index is 1.92. The first-order chi connectivity index (χ1) is 9.72. The lowest BCUT2D eigenvalue weighted by atomic mass is 10.2. The molecule has 1 aliphatic heterocycles. The number of rotatable bonds is 2. The average Bonchev–Trinajstić information content (AvgIpc) is 2.84. The molecule has 2 heterocycles. The second-order valence-corrected chi connectivity index (χ2v) is 4.56. The van der Waals surface area contributed by atoms with Gasteiger partial charge in [-0.15, -0.1) is 0 Å². The Hall–Kier alpha value is -2.46. The number of carbonyl (C=O) groups excluding carboxylic acids is 1. The Labute approximate surface area is 120 Å². The minimum atomic E-state index is -0.466. The van der Waals surface area contributed by atoms with Crippen molar-refractivity contribution in [3.63, 3.8) is 0 Å². The third kappa shape index (κ3) is 2.60. The van der Waals surface area contributed by atoms with Crippen LogP contribution in [0.1, 0.15) is 11.1 Å². The van der Waals surface area contributed by atoms with E-state index in [-0.39, 0.29) is 11.6 Å². The van der Waals surface area contributed by atoms with Crippen molar-refractivity contribution in [1.82, 2.24) is 4.98 Å². The third-order valence-corrected chi connectivity index (χ3v) is 2.97. The maximum atomic E-state index is 11.8. The Morgan fingerprint density at radius 2 is 1.75 bits per heavy atom. The van der Waals surface area contributed by atoms with Crippen molar-refractivity contribution >= 4 is 29.5 Å². The summed E-state index contributed by atoms with van der Waals surface area (Å²) in [7, 11) is 0. The number of pyridine rings is 1. The molecule has 0 saturated carbocycles. The minimum Gasteiger partial charge on any atom is -0.402 e. The van der Waals surface area contributed by atoms with Crippen molar-refractivity contribution in [2.45, 2.75) is 0 Å². The summed E-state index contributed by atoms with van der Waals surface area (Å²) >= 11 is 5.81. The molecule has 0 fully saturated rings. The normalized spacial score (nSPS) is 16.1. The zero-order chi connectivity index (χ0) is 13.9. The van der Waals surface area contributed by atoms with Crippen LogP contribution in [0.15, 0.2) is 59.5 Å². The third-order valence-electron chi connectivity index (χ3n) is 2.72. The predicted octanol–water partition coefficient (Wildman–Crippen LogP) is 3.08. The molecule has 0 unspecified atom stereocenters. The molecule has 0 spiro atoms. The van der Waals surface area contributed by atoms with Crippen LogP contribution in [0.5, 0.6) is 0 Å². The average molecular weight is 285 g/mol. The topological polar surface area (TPSA) is 51.5 Å². The number of aromatic nitrogens is 1. The number of hydrogen-bond acceptors (Lipinski definition) is 4. The van der Waals surface area contributed by atoms with Gasteiger partial charge in [-0.1, -0.05) is 23.7 Å². The maximum Gasteiger partial charge on any atom is 0.363 e. The van der Waals surface area contributed by atoms with Crippen molar-refractivity contribution in [1.29, 1.82) is 0 Å². The lowest BCUT2D eigenvalue weighted by Gasteiger charge is -1.96. The lowest BCUT2D eigenvalue weighted by molar-refractivity contribution is -0.129. The van der Waals surface area contributed by atoms with Gasteiger partial charge < -0.3 is 4.74 Å². The van der Waals surface area contributed by atoms with Gasteiger partial charge in [0.15, 0.2) is 5.70 Å². The minimum absolute atomic E-state index is 0.263. The van der Waals surface area contributed by atoms with Crippen LogP contribution in [0.25, 0.3) is 6.08 Å². The summed E-state index contributed by atoms with van der Waals surface area (Å²) in [5.74, 6) is -0.177. The molecule has 1 aromatic heterocycles. The van der Waals surface area contributed by atoms with E-state index in [0.717, 1.165) is 5.56 Å². The summed E-state index contributed by atoms with van der Waals surface area (Å²) in [6.45, 7) is 0. The smallest absolute Gasteiger partial charge is 0.363 e. The SMILES string of the molecule is O=C1OC(c2ccncc2)=N/C1=C/c1ccc(Cl)cc1. The van der Waals surface area contributed by atoms with Gasteiger partial charge in [-0.2, -0.15) is 0 Å². The van der Waals surface area contributed by atoms with E-state index in [4.69, 9.17) is 16.3 Å². The molecule has 0 N–H and O–H groups in total. The molecular weight excluding hydrogens is 276 g/mol. The first-order valence-corrected chi connectivity index (χ1v) is 6.29. The van der Waals surface area contributed by atoms with E-state index in [2.05, 4.69) is 9.98 Å². The van der Waals surface area contributed by atoms with Gasteiger partial charge in [0.25, 0.3) is 0 Å². The fraction of sp³-hybridized carbons (Fsp3) is 0. The molecule has 0 bridgehead atoms. The van der Waals surface area contributed by atoms with Crippen LogP contribution in [-0.4, -0.2) is 16.9 Å².